The number of allylic oxidation sites excluding steroid dienone is 1. The van der Waals surface area contributed by atoms with Crippen molar-refractivity contribution in [3.8, 4) is 11.5 Å². The van der Waals surface area contributed by atoms with Crippen molar-refractivity contribution in [2.45, 2.75) is 6.42 Å². The first kappa shape index (κ1) is 22.2. The number of fused-ring (bicyclic) bond motifs is 1. The molecule has 7 nitrogen and oxygen atoms in total. The molecule has 0 aliphatic heterocycles. The van der Waals surface area contributed by atoms with Crippen LogP contribution < -0.4 is 9.47 Å². The molecule has 1 aromatic heterocycles. The number of aromatic nitrogens is 2. The van der Waals surface area contributed by atoms with Crippen LogP contribution in [0.2, 0.25) is 0 Å². The van der Waals surface area contributed by atoms with Gasteiger partial charge in [0.15, 0.2) is 5.78 Å². The molecular formula is C25H20N2O5S. The minimum absolute atomic E-state index is 0.0680. The van der Waals surface area contributed by atoms with E-state index in [0.29, 0.717) is 33.7 Å². The van der Waals surface area contributed by atoms with Gasteiger partial charge in [0, 0.05) is 17.6 Å². The zero-order valence-corrected chi connectivity index (χ0v) is 18.8. The van der Waals surface area contributed by atoms with Crippen LogP contribution in [0.25, 0.3) is 16.6 Å². The topological polar surface area (TPSA) is 98.6 Å². The third kappa shape index (κ3) is 4.75. The Balaban J connectivity index is 1.87. The molecule has 33 heavy (non-hydrogen) atoms. The number of methoxy groups -OCH3 is 2. The van der Waals surface area contributed by atoms with Gasteiger partial charge in [-0.1, -0.05) is 18.2 Å². The van der Waals surface area contributed by atoms with Crippen molar-refractivity contribution in [3.05, 3.63) is 89.0 Å². The Hall–Kier alpha value is -4.04. The summed E-state index contributed by atoms with van der Waals surface area (Å²) in [6, 6.07) is 18.8. The van der Waals surface area contributed by atoms with E-state index in [1.54, 1.807) is 61.7 Å². The molecule has 0 amide bonds. The Labute approximate surface area is 194 Å². The van der Waals surface area contributed by atoms with Gasteiger partial charge in [-0.05, 0) is 59.7 Å². The summed E-state index contributed by atoms with van der Waals surface area (Å²) in [7, 11) is 3.11. The number of ketones is 1. The number of Topliss-reactive ketones (excluding diaryl/α,β-unsaturated/α-hetero) is 1. The highest BCUT2D eigenvalue weighted by Gasteiger charge is 2.24. The Morgan fingerprint density at radius 3 is 2.00 bits per heavy atom. The van der Waals surface area contributed by atoms with Gasteiger partial charge < -0.3 is 14.6 Å². The van der Waals surface area contributed by atoms with Crippen LogP contribution in [-0.4, -0.2) is 39.8 Å². The number of hydrogen-bond acceptors (Lipinski definition) is 7. The van der Waals surface area contributed by atoms with Crippen LogP contribution >= 0.6 is 11.7 Å². The summed E-state index contributed by atoms with van der Waals surface area (Å²) in [6.07, 6.45) is 0.129. The largest absolute Gasteiger partial charge is 0.497 e. The predicted molar refractivity (Wildman–Crippen MR) is 126 cm³/mol. The number of nitrogens with zero attached hydrogens (tertiary/aromatic N) is 2. The molecule has 3 aromatic carbocycles. The molecule has 166 valence electrons. The maximum absolute atomic E-state index is 13.6. The fourth-order valence-electron chi connectivity index (χ4n) is 3.51. The lowest BCUT2D eigenvalue weighted by Crippen LogP contribution is -2.14. The maximum Gasteiger partial charge on any atom is 0.336 e. The fraction of sp³-hybridized carbons (Fsp3) is 0.120. The highest BCUT2D eigenvalue weighted by molar-refractivity contribution is 7.00. The zero-order chi connectivity index (χ0) is 23.4. The number of aliphatic carboxylic acids is 1. The van der Waals surface area contributed by atoms with E-state index in [-0.39, 0.29) is 23.4 Å². The van der Waals surface area contributed by atoms with Crippen LogP contribution in [-0.2, 0) is 11.2 Å². The van der Waals surface area contributed by atoms with E-state index in [9.17, 15) is 14.7 Å². The van der Waals surface area contributed by atoms with Gasteiger partial charge in [-0.25, -0.2) is 4.79 Å². The number of hydrogen-bond donors (Lipinski definition) is 1. The Morgan fingerprint density at radius 2 is 1.39 bits per heavy atom. The van der Waals surface area contributed by atoms with E-state index in [0.717, 1.165) is 17.3 Å². The first-order valence-electron chi connectivity index (χ1n) is 10.0. The molecule has 0 aliphatic carbocycles. The highest BCUT2D eigenvalue weighted by atomic mass is 32.1. The number of carboxylic acid groups (broad SMARTS) is 1. The monoisotopic (exact) mass is 460 g/mol. The number of rotatable bonds is 8. The summed E-state index contributed by atoms with van der Waals surface area (Å²) < 4.78 is 18.8. The standard InChI is InChI=1S/C25H20N2O5S/c1-31-18-8-3-15(4-9-18)13-20(24(28)16-5-10-19(32-2)11-6-16)23(25(29)30)17-7-12-21-22(14-17)27-33-26-21/h3-12,14H,13H2,1-2H3,(H,29,30). The SMILES string of the molecule is COc1ccc(CC(C(=O)c2ccc(OC)cc2)=C(C(=O)O)c2ccc3nsnc3c2)cc1. The van der Waals surface area contributed by atoms with Crippen LogP contribution in [0.5, 0.6) is 11.5 Å². The molecule has 0 aliphatic rings. The number of ether oxygens (including phenoxy) is 2. The first-order valence-corrected chi connectivity index (χ1v) is 10.7. The van der Waals surface area contributed by atoms with Crippen molar-refractivity contribution in [1.29, 1.82) is 0 Å². The second-order valence-corrected chi connectivity index (χ2v) is 7.74. The lowest BCUT2D eigenvalue weighted by Gasteiger charge is -2.14. The summed E-state index contributed by atoms with van der Waals surface area (Å²) in [5.41, 5.74) is 2.90. The van der Waals surface area contributed by atoms with E-state index < -0.39 is 5.97 Å². The molecule has 0 radical (unpaired) electrons. The molecule has 8 heteroatoms. The van der Waals surface area contributed by atoms with E-state index in [1.165, 1.54) is 7.11 Å². The van der Waals surface area contributed by atoms with Gasteiger partial charge in [-0.3, -0.25) is 4.79 Å². The van der Waals surface area contributed by atoms with Crippen LogP contribution in [0.4, 0.5) is 0 Å². The number of benzene rings is 3. The zero-order valence-electron chi connectivity index (χ0n) is 17.9. The molecule has 0 saturated heterocycles. The van der Waals surface area contributed by atoms with Gasteiger partial charge in [0.2, 0.25) is 0 Å². The molecular weight excluding hydrogens is 440 g/mol. The van der Waals surface area contributed by atoms with Crippen LogP contribution in [0.15, 0.2) is 72.3 Å². The summed E-state index contributed by atoms with van der Waals surface area (Å²) >= 11 is 1.05. The van der Waals surface area contributed by atoms with Crippen LogP contribution in [0, 0.1) is 0 Å². The summed E-state index contributed by atoms with van der Waals surface area (Å²) in [5.74, 6) is -0.289. The second-order valence-electron chi connectivity index (χ2n) is 7.21. The molecule has 0 saturated carbocycles. The van der Waals surface area contributed by atoms with Gasteiger partial charge in [0.05, 0.1) is 31.5 Å². The normalized spacial score (nSPS) is 11.7. The third-order valence-corrected chi connectivity index (χ3v) is 5.78. The molecule has 1 N–H and O–H groups in total. The summed E-state index contributed by atoms with van der Waals surface area (Å²) in [4.78, 5) is 26.1. The van der Waals surface area contributed by atoms with E-state index in [4.69, 9.17) is 9.47 Å². The van der Waals surface area contributed by atoms with E-state index in [2.05, 4.69) is 8.75 Å². The van der Waals surface area contributed by atoms with Crippen molar-refractivity contribution in [2.24, 2.45) is 0 Å². The highest BCUT2D eigenvalue weighted by Crippen LogP contribution is 2.28. The average molecular weight is 461 g/mol. The second kappa shape index (κ2) is 9.62. The smallest absolute Gasteiger partial charge is 0.336 e. The van der Waals surface area contributed by atoms with Gasteiger partial charge in [0.1, 0.15) is 22.5 Å². The average Bonchev–Trinajstić information content (AvgIpc) is 3.31. The molecule has 4 rings (SSSR count). The van der Waals surface area contributed by atoms with Crippen molar-refractivity contribution >= 4 is 40.1 Å². The minimum atomic E-state index is -1.19. The Kier molecular flexibility index (Phi) is 6.46. The number of carboxylic acids is 1. The van der Waals surface area contributed by atoms with Gasteiger partial charge in [0.25, 0.3) is 0 Å². The number of carbonyl (C=O) groups excluding carboxylic acids is 1. The van der Waals surface area contributed by atoms with Crippen LogP contribution in [0.1, 0.15) is 21.5 Å². The molecule has 0 unspecified atom stereocenters. The first-order chi connectivity index (χ1) is 16.0. The third-order valence-electron chi connectivity index (χ3n) is 5.22. The van der Waals surface area contributed by atoms with Crippen molar-refractivity contribution in [3.63, 3.8) is 0 Å². The fourth-order valence-corrected chi connectivity index (χ4v) is 4.03. The lowest BCUT2D eigenvalue weighted by atomic mass is 9.89. The van der Waals surface area contributed by atoms with Crippen molar-refractivity contribution in [1.82, 2.24) is 8.75 Å². The Morgan fingerprint density at radius 1 is 0.818 bits per heavy atom. The van der Waals surface area contributed by atoms with Crippen molar-refractivity contribution in [2.75, 3.05) is 14.2 Å². The quantitative estimate of drug-likeness (QED) is 0.301. The van der Waals surface area contributed by atoms with Crippen LogP contribution in [0.3, 0.4) is 0 Å². The van der Waals surface area contributed by atoms with Gasteiger partial charge in [-0.15, -0.1) is 0 Å². The lowest BCUT2D eigenvalue weighted by molar-refractivity contribution is -0.130. The minimum Gasteiger partial charge on any atom is -0.497 e. The maximum atomic E-state index is 13.6. The molecule has 1 heterocycles. The van der Waals surface area contributed by atoms with Gasteiger partial charge >= 0.3 is 5.97 Å². The predicted octanol–water partition coefficient (Wildman–Crippen LogP) is 4.67. The molecule has 4 aromatic rings. The van der Waals surface area contributed by atoms with Gasteiger partial charge in [-0.2, -0.15) is 8.75 Å². The molecule has 0 atom stereocenters. The molecule has 0 bridgehead atoms. The molecule has 0 fully saturated rings. The summed E-state index contributed by atoms with van der Waals surface area (Å²) in [5, 5.41) is 10.2. The summed E-state index contributed by atoms with van der Waals surface area (Å²) in [6.45, 7) is 0. The number of carbonyl (C=O) groups is 2. The van der Waals surface area contributed by atoms with E-state index >= 15 is 0 Å². The van der Waals surface area contributed by atoms with Crippen molar-refractivity contribution < 1.29 is 24.2 Å². The Bertz CT molecular complexity index is 1340. The van der Waals surface area contributed by atoms with E-state index in [1.807, 2.05) is 12.1 Å². The molecule has 0 spiro atoms.